The predicted molar refractivity (Wildman–Crippen MR) is 57.8 cm³/mol. The van der Waals surface area contributed by atoms with Crippen molar-refractivity contribution < 1.29 is 5.11 Å². The molecule has 0 fully saturated rings. The number of rotatable bonds is 1. The highest BCUT2D eigenvalue weighted by molar-refractivity contribution is 5.62. The molecular weight excluding hydrogens is 176 g/mol. The molecule has 0 bridgehead atoms. The van der Waals surface area contributed by atoms with E-state index in [2.05, 4.69) is 11.9 Å². The summed E-state index contributed by atoms with van der Waals surface area (Å²) in [4.78, 5) is 2.18. The number of anilines is 1. The van der Waals surface area contributed by atoms with Crippen LogP contribution < -0.4 is 10.6 Å². The second-order valence-electron chi connectivity index (χ2n) is 4.09. The number of aromatic hydroxyl groups is 1. The largest absolute Gasteiger partial charge is 0.508 e. The van der Waals surface area contributed by atoms with E-state index in [0.717, 1.165) is 6.54 Å². The fraction of sp³-hybridized carbons (Fsp3) is 0.455. The number of nitrogens with two attached hydrogens (primary N) is 1. The molecule has 1 aromatic rings. The Bertz CT molecular complexity index is 349. The molecule has 0 aromatic heterocycles. The molecule has 0 aliphatic carbocycles. The van der Waals surface area contributed by atoms with Gasteiger partial charge in [-0.15, -0.1) is 0 Å². The molecule has 0 amide bonds. The molecule has 0 radical (unpaired) electrons. The molecule has 3 heteroatoms. The lowest BCUT2D eigenvalue weighted by atomic mass is 9.95. The Hall–Kier alpha value is -1.22. The van der Waals surface area contributed by atoms with Crippen molar-refractivity contribution in [1.29, 1.82) is 0 Å². The summed E-state index contributed by atoms with van der Waals surface area (Å²) in [5.41, 5.74) is 8.27. The minimum Gasteiger partial charge on any atom is -0.508 e. The van der Waals surface area contributed by atoms with Crippen LogP contribution in [0.15, 0.2) is 18.2 Å². The number of benzene rings is 1. The van der Waals surface area contributed by atoms with E-state index in [0.29, 0.717) is 11.7 Å². The number of nitrogens with zero attached hydrogens (tertiary/aromatic N) is 1. The van der Waals surface area contributed by atoms with Gasteiger partial charge < -0.3 is 15.7 Å². The Morgan fingerprint density at radius 2 is 2.29 bits per heavy atom. The van der Waals surface area contributed by atoms with Crippen LogP contribution in [-0.4, -0.2) is 24.7 Å². The number of likely N-dealkylation sites (N-methyl/N-ethyl adjacent to an activating group) is 1. The first kappa shape index (κ1) is 9.34. The van der Waals surface area contributed by atoms with E-state index >= 15 is 0 Å². The van der Waals surface area contributed by atoms with E-state index < -0.39 is 0 Å². The molecule has 3 N–H and O–H groups in total. The molecule has 1 aliphatic heterocycles. The number of phenolic OH excluding ortho intramolecular Hbond substituents is 1. The van der Waals surface area contributed by atoms with Crippen molar-refractivity contribution in [3.05, 3.63) is 23.8 Å². The predicted octanol–water partition coefficient (Wildman–Crippen LogP) is 1.27. The molecule has 1 aromatic carbocycles. The molecule has 2 atom stereocenters. The summed E-state index contributed by atoms with van der Waals surface area (Å²) in [6, 6.07) is 5.62. The van der Waals surface area contributed by atoms with Gasteiger partial charge in [0.2, 0.25) is 0 Å². The van der Waals surface area contributed by atoms with Crippen LogP contribution in [-0.2, 0) is 0 Å². The highest BCUT2D eigenvalue weighted by atomic mass is 16.3. The SMILES string of the molecule is CC(N)C1CN(C)c2ccc(O)cc21. The highest BCUT2D eigenvalue weighted by Crippen LogP contribution is 2.38. The number of hydrogen-bond donors (Lipinski definition) is 2. The van der Waals surface area contributed by atoms with Crippen LogP contribution >= 0.6 is 0 Å². The topological polar surface area (TPSA) is 49.5 Å². The van der Waals surface area contributed by atoms with Crippen LogP contribution in [0, 0.1) is 0 Å². The summed E-state index contributed by atoms with van der Waals surface area (Å²) in [6.45, 7) is 2.95. The maximum Gasteiger partial charge on any atom is 0.116 e. The van der Waals surface area contributed by atoms with Gasteiger partial charge in [-0.05, 0) is 30.7 Å². The lowest BCUT2D eigenvalue weighted by Crippen LogP contribution is -2.28. The third kappa shape index (κ3) is 1.34. The molecule has 2 unspecified atom stereocenters. The van der Waals surface area contributed by atoms with E-state index in [1.807, 2.05) is 19.1 Å². The van der Waals surface area contributed by atoms with Gasteiger partial charge in [0.1, 0.15) is 5.75 Å². The molecule has 0 spiro atoms. The smallest absolute Gasteiger partial charge is 0.116 e. The Morgan fingerprint density at radius 1 is 1.57 bits per heavy atom. The lowest BCUT2D eigenvalue weighted by molar-refractivity contribution is 0.473. The second-order valence-corrected chi connectivity index (χ2v) is 4.09. The van der Waals surface area contributed by atoms with Crippen LogP contribution in [0.4, 0.5) is 5.69 Å². The first-order valence-electron chi connectivity index (χ1n) is 4.89. The number of hydrogen-bond acceptors (Lipinski definition) is 3. The minimum atomic E-state index is 0.125. The van der Waals surface area contributed by atoms with Gasteiger partial charge in [0.05, 0.1) is 0 Å². The van der Waals surface area contributed by atoms with Gasteiger partial charge in [-0.25, -0.2) is 0 Å². The first-order valence-corrected chi connectivity index (χ1v) is 4.89. The zero-order valence-corrected chi connectivity index (χ0v) is 8.57. The van der Waals surface area contributed by atoms with E-state index in [4.69, 9.17) is 5.73 Å². The Balaban J connectivity index is 2.45. The summed E-state index contributed by atoms with van der Waals surface area (Å²) in [6.07, 6.45) is 0. The molecular formula is C11H16N2O. The fourth-order valence-corrected chi connectivity index (χ4v) is 2.13. The summed E-state index contributed by atoms with van der Waals surface area (Å²) < 4.78 is 0. The van der Waals surface area contributed by atoms with Gasteiger partial charge in [0.25, 0.3) is 0 Å². The minimum absolute atomic E-state index is 0.125. The highest BCUT2D eigenvalue weighted by Gasteiger charge is 2.28. The van der Waals surface area contributed by atoms with Crippen molar-refractivity contribution >= 4 is 5.69 Å². The van der Waals surface area contributed by atoms with E-state index in [1.165, 1.54) is 11.3 Å². The van der Waals surface area contributed by atoms with Crippen molar-refractivity contribution in [3.63, 3.8) is 0 Å². The molecule has 2 rings (SSSR count). The van der Waals surface area contributed by atoms with Crippen molar-refractivity contribution in [3.8, 4) is 5.75 Å². The zero-order chi connectivity index (χ0) is 10.3. The van der Waals surface area contributed by atoms with Gasteiger partial charge in [-0.2, -0.15) is 0 Å². The van der Waals surface area contributed by atoms with Crippen molar-refractivity contribution in [2.24, 2.45) is 5.73 Å². The van der Waals surface area contributed by atoms with Gasteiger partial charge in [0, 0.05) is 31.2 Å². The fourth-order valence-electron chi connectivity index (χ4n) is 2.13. The molecule has 0 saturated heterocycles. The third-order valence-electron chi connectivity index (χ3n) is 2.93. The molecule has 1 aliphatic rings. The van der Waals surface area contributed by atoms with Gasteiger partial charge in [-0.1, -0.05) is 0 Å². The maximum atomic E-state index is 9.42. The van der Waals surface area contributed by atoms with Crippen molar-refractivity contribution in [2.45, 2.75) is 18.9 Å². The second kappa shape index (κ2) is 3.17. The van der Waals surface area contributed by atoms with Crippen LogP contribution in [0.3, 0.4) is 0 Å². The molecule has 0 saturated carbocycles. The van der Waals surface area contributed by atoms with Crippen molar-refractivity contribution in [1.82, 2.24) is 0 Å². The maximum absolute atomic E-state index is 9.42. The normalized spacial score (nSPS) is 22.2. The molecule has 1 heterocycles. The third-order valence-corrected chi connectivity index (χ3v) is 2.93. The van der Waals surface area contributed by atoms with E-state index in [1.54, 1.807) is 6.07 Å². The van der Waals surface area contributed by atoms with Crippen LogP contribution in [0.1, 0.15) is 18.4 Å². The van der Waals surface area contributed by atoms with Gasteiger partial charge >= 0.3 is 0 Å². The van der Waals surface area contributed by atoms with Crippen LogP contribution in [0.25, 0.3) is 0 Å². The summed E-state index contributed by atoms with van der Waals surface area (Å²) in [5, 5.41) is 9.42. The Morgan fingerprint density at radius 3 is 2.93 bits per heavy atom. The summed E-state index contributed by atoms with van der Waals surface area (Å²) in [5.74, 6) is 0.659. The van der Waals surface area contributed by atoms with E-state index in [9.17, 15) is 5.11 Å². The lowest BCUT2D eigenvalue weighted by Gasteiger charge is -2.15. The van der Waals surface area contributed by atoms with Gasteiger partial charge in [0.15, 0.2) is 0 Å². The monoisotopic (exact) mass is 192 g/mol. The van der Waals surface area contributed by atoms with E-state index in [-0.39, 0.29) is 6.04 Å². The number of phenols is 1. The Kier molecular flexibility index (Phi) is 2.11. The molecule has 14 heavy (non-hydrogen) atoms. The van der Waals surface area contributed by atoms with Crippen LogP contribution in [0.5, 0.6) is 5.75 Å². The number of fused-ring (bicyclic) bond motifs is 1. The van der Waals surface area contributed by atoms with Gasteiger partial charge in [-0.3, -0.25) is 0 Å². The molecule has 3 nitrogen and oxygen atoms in total. The zero-order valence-electron chi connectivity index (χ0n) is 8.57. The quantitative estimate of drug-likeness (QED) is 0.704. The molecule has 76 valence electrons. The average molecular weight is 192 g/mol. The first-order chi connectivity index (χ1) is 6.59. The summed E-state index contributed by atoms with van der Waals surface area (Å²) in [7, 11) is 2.05. The standard InChI is InChI=1S/C11H16N2O/c1-7(12)10-6-13(2)11-4-3-8(14)5-9(10)11/h3-5,7,10,14H,6,12H2,1-2H3. The average Bonchev–Trinajstić information content (AvgIpc) is 2.43. The Labute approximate surface area is 84.1 Å². The van der Waals surface area contributed by atoms with Crippen LogP contribution in [0.2, 0.25) is 0 Å². The summed E-state index contributed by atoms with van der Waals surface area (Å²) >= 11 is 0. The van der Waals surface area contributed by atoms with Crippen molar-refractivity contribution in [2.75, 3.05) is 18.5 Å².